The smallest absolute Gasteiger partial charge is 0.167 e. The molecule has 0 aliphatic carbocycles. The zero-order chi connectivity index (χ0) is 16.5. The fourth-order valence-corrected chi connectivity index (χ4v) is 2.71. The second kappa shape index (κ2) is 5.77. The van der Waals surface area contributed by atoms with Gasteiger partial charge in [0, 0.05) is 32.1 Å². The van der Waals surface area contributed by atoms with Crippen LogP contribution in [0.2, 0.25) is 0 Å². The van der Waals surface area contributed by atoms with Crippen LogP contribution >= 0.6 is 0 Å². The molecule has 5 nitrogen and oxygen atoms in total. The maximum absolute atomic E-state index is 4.82. The Labute approximate surface area is 140 Å². The minimum atomic E-state index is 0.839. The zero-order valence-corrected chi connectivity index (χ0v) is 13.6. The minimum Gasteiger partial charge on any atom is -0.363 e. The lowest BCUT2D eigenvalue weighted by molar-refractivity contribution is 1.04. The zero-order valence-electron chi connectivity index (χ0n) is 13.6. The average molecular weight is 315 g/mol. The summed E-state index contributed by atoms with van der Waals surface area (Å²) in [6.07, 6.45) is 3.57. The fourth-order valence-electron chi connectivity index (χ4n) is 2.71. The van der Waals surface area contributed by atoms with Gasteiger partial charge in [0.15, 0.2) is 5.65 Å². The third kappa shape index (κ3) is 2.40. The monoisotopic (exact) mass is 315 g/mol. The van der Waals surface area contributed by atoms with Gasteiger partial charge in [-0.1, -0.05) is 30.3 Å². The van der Waals surface area contributed by atoms with Crippen molar-refractivity contribution in [1.29, 1.82) is 0 Å². The van der Waals surface area contributed by atoms with Crippen molar-refractivity contribution >= 4 is 17.0 Å². The van der Waals surface area contributed by atoms with Gasteiger partial charge in [0.1, 0.15) is 17.2 Å². The number of imidazole rings is 1. The number of anilines is 1. The summed E-state index contributed by atoms with van der Waals surface area (Å²) < 4.78 is 2.08. The highest BCUT2D eigenvalue weighted by Gasteiger charge is 2.16. The number of pyridine rings is 2. The Morgan fingerprint density at radius 1 is 0.833 bits per heavy atom. The first-order chi connectivity index (χ1) is 11.7. The molecule has 0 spiro atoms. The van der Waals surface area contributed by atoms with Gasteiger partial charge in [-0.05, 0) is 24.3 Å². The van der Waals surface area contributed by atoms with Gasteiger partial charge in [-0.2, -0.15) is 0 Å². The molecule has 0 atom stereocenters. The number of hydrogen-bond acceptors (Lipinski definition) is 4. The Morgan fingerprint density at radius 3 is 2.29 bits per heavy atom. The van der Waals surface area contributed by atoms with Crippen molar-refractivity contribution in [2.45, 2.75) is 0 Å². The first kappa shape index (κ1) is 14.4. The molecule has 0 fully saturated rings. The molecule has 5 heteroatoms. The largest absolute Gasteiger partial charge is 0.363 e. The summed E-state index contributed by atoms with van der Waals surface area (Å²) in [6.45, 7) is 0. The normalized spacial score (nSPS) is 10.9. The molecule has 0 N–H and O–H groups in total. The number of aromatic nitrogens is 4. The van der Waals surface area contributed by atoms with Crippen molar-refractivity contribution in [1.82, 2.24) is 19.5 Å². The van der Waals surface area contributed by atoms with Gasteiger partial charge in [-0.15, -0.1) is 0 Å². The Morgan fingerprint density at radius 2 is 1.58 bits per heavy atom. The van der Waals surface area contributed by atoms with E-state index in [0.717, 1.165) is 34.1 Å². The van der Waals surface area contributed by atoms with Gasteiger partial charge in [-0.25, -0.2) is 9.97 Å². The number of hydrogen-bond donors (Lipinski definition) is 0. The predicted molar refractivity (Wildman–Crippen MR) is 96.4 cm³/mol. The molecule has 1 aromatic carbocycles. The molecule has 3 heterocycles. The summed E-state index contributed by atoms with van der Waals surface area (Å²) in [4.78, 5) is 15.7. The van der Waals surface area contributed by atoms with Crippen molar-refractivity contribution in [2.75, 3.05) is 19.0 Å². The Hall–Kier alpha value is -3.21. The number of fused-ring (bicyclic) bond motifs is 1. The first-order valence-electron chi connectivity index (χ1n) is 7.77. The second-order valence-corrected chi connectivity index (χ2v) is 5.75. The van der Waals surface area contributed by atoms with E-state index in [0.29, 0.717) is 0 Å². The van der Waals surface area contributed by atoms with E-state index < -0.39 is 0 Å². The highest BCUT2D eigenvalue weighted by Crippen LogP contribution is 2.28. The molecule has 0 bridgehead atoms. The van der Waals surface area contributed by atoms with Gasteiger partial charge < -0.3 is 4.90 Å². The molecule has 0 radical (unpaired) electrons. The van der Waals surface area contributed by atoms with Crippen LogP contribution in [-0.2, 0) is 0 Å². The van der Waals surface area contributed by atoms with Crippen LogP contribution in [0, 0.1) is 0 Å². The van der Waals surface area contributed by atoms with Gasteiger partial charge in [-0.3, -0.25) is 9.55 Å². The summed E-state index contributed by atoms with van der Waals surface area (Å²) in [5.41, 5.74) is 3.76. The molecule has 0 saturated carbocycles. The van der Waals surface area contributed by atoms with Crippen molar-refractivity contribution < 1.29 is 0 Å². The molecular weight excluding hydrogens is 298 g/mol. The van der Waals surface area contributed by atoms with Crippen LogP contribution in [0.3, 0.4) is 0 Å². The second-order valence-electron chi connectivity index (χ2n) is 5.75. The van der Waals surface area contributed by atoms with E-state index in [9.17, 15) is 0 Å². The molecule has 3 aromatic heterocycles. The van der Waals surface area contributed by atoms with Crippen LogP contribution in [0.5, 0.6) is 0 Å². The number of rotatable bonds is 3. The lowest BCUT2D eigenvalue weighted by Gasteiger charge is -2.12. The topological polar surface area (TPSA) is 46.8 Å². The summed E-state index contributed by atoms with van der Waals surface area (Å²) in [5, 5.41) is 0. The Bertz CT molecular complexity index is 975. The van der Waals surface area contributed by atoms with Crippen LogP contribution in [0.4, 0.5) is 5.82 Å². The summed E-state index contributed by atoms with van der Waals surface area (Å²) >= 11 is 0. The summed E-state index contributed by atoms with van der Waals surface area (Å²) in [7, 11) is 3.97. The highest BCUT2D eigenvalue weighted by molar-refractivity contribution is 5.81. The molecule has 118 valence electrons. The van der Waals surface area contributed by atoms with E-state index in [1.165, 1.54) is 0 Å². The minimum absolute atomic E-state index is 0.839. The van der Waals surface area contributed by atoms with E-state index in [2.05, 4.69) is 21.7 Å². The van der Waals surface area contributed by atoms with E-state index >= 15 is 0 Å². The molecule has 0 aliphatic rings. The van der Waals surface area contributed by atoms with Gasteiger partial charge in [0.05, 0.1) is 5.69 Å². The van der Waals surface area contributed by atoms with Crippen LogP contribution in [0.25, 0.3) is 28.2 Å². The van der Waals surface area contributed by atoms with E-state index in [1.54, 1.807) is 12.4 Å². The fraction of sp³-hybridized carbons (Fsp3) is 0.105. The van der Waals surface area contributed by atoms with Gasteiger partial charge in [0.2, 0.25) is 0 Å². The van der Waals surface area contributed by atoms with E-state index in [1.807, 2.05) is 61.5 Å². The van der Waals surface area contributed by atoms with Crippen LogP contribution in [0.1, 0.15) is 0 Å². The number of benzene rings is 1. The molecule has 0 aliphatic heterocycles. The molecular formula is C19H17N5. The predicted octanol–water partition coefficient (Wildman–Crippen LogP) is 3.55. The first-order valence-corrected chi connectivity index (χ1v) is 7.77. The van der Waals surface area contributed by atoms with Crippen molar-refractivity contribution in [3.63, 3.8) is 0 Å². The van der Waals surface area contributed by atoms with Crippen molar-refractivity contribution in [3.05, 3.63) is 67.0 Å². The van der Waals surface area contributed by atoms with Crippen LogP contribution in [0.15, 0.2) is 67.0 Å². The third-order valence-electron chi connectivity index (χ3n) is 3.90. The molecule has 24 heavy (non-hydrogen) atoms. The lowest BCUT2D eigenvalue weighted by Crippen LogP contribution is -2.10. The maximum atomic E-state index is 4.82. The molecule has 0 unspecified atom stereocenters. The SMILES string of the molecule is CN(C)c1ccc2nc(-c3ccccc3)n(-c3ccncc3)c2n1. The highest BCUT2D eigenvalue weighted by atomic mass is 15.2. The summed E-state index contributed by atoms with van der Waals surface area (Å²) in [6, 6.07) is 18.1. The van der Waals surface area contributed by atoms with Gasteiger partial charge in [0.25, 0.3) is 0 Å². The maximum Gasteiger partial charge on any atom is 0.167 e. The van der Waals surface area contributed by atoms with Gasteiger partial charge >= 0.3 is 0 Å². The molecule has 0 amide bonds. The van der Waals surface area contributed by atoms with E-state index in [-0.39, 0.29) is 0 Å². The Balaban J connectivity index is 2.05. The molecule has 0 saturated heterocycles. The van der Waals surface area contributed by atoms with Crippen LogP contribution < -0.4 is 4.90 Å². The number of nitrogens with zero attached hydrogens (tertiary/aromatic N) is 5. The van der Waals surface area contributed by atoms with E-state index in [4.69, 9.17) is 9.97 Å². The van der Waals surface area contributed by atoms with Crippen molar-refractivity contribution in [2.24, 2.45) is 0 Å². The quantitative estimate of drug-likeness (QED) is 0.580. The van der Waals surface area contributed by atoms with Crippen LogP contribution in [-0.4, -0.2) is 33.6 Å². The average Bonchev–Trinajstić information content (AvgIpc) is 3.01. The Kier molecular flexibility index (Phi) is 3.46. The van der Waals surface area contributed by atoms with Crippen molar-refractivity contribution in [3.8, 4) is 17.1 Å². The standard InChI is InChI=1S/C19H17N5/c1-23(2)17-9-8-16-19(22-17)24(15-10-12-20-13-11-15)18(21-16)14-6-4-3-5-7-14/h3-13H,1-2H3. The molecule has 4 rings (SSSR count). The third-order valence-corrected chi connectivity index (χ3v) is 3.90. The lowest BCUT2D eigenvalue weighted by atomic mass is 10.2. The summed E-state index contributed by atoms with van der Waals surface area (Å²) in [5.74, 6) is 1.78. The molecule has 4 aromatic rings.